The second-order valence-corrected chi connectivity index (χ2v) is 15.2. The zero-order chi connectivity index (χ0) is 29.3. The first-order valence-corrected chi connectivity index (χ1v) is 15.0. The maximum atomic E-state index is 13.2. The van der Waals surface area contributed by atoms with Gasteiger partial charge in [0, 0.05) is 57.5 Å². The summed E-state index contributed by atoms with van der Waals surface area (Å²) in [6.45, 7) is 16.6. The van der Waals surface area contributed by atoms with Gasteiger partial charge in [0.1, 0.15) is 17.5 Å². The van der Waals surface area contributed by atoms with Crippen LogP contribution in [0.2, 0.25) is 0 Å². The maximum Gasteiger partial charge on any atom is 0.410 e. The fraction of sp³-hybridized carbons (Fsp3) is 0.562. The van der Waals surface area contributed by atoms with E-state index >= 15 is 0 Å². The van der Waals surface area contributed by atoms with Gasteiger partial charge in [0.25, 0.3) is 0 Å². The average Bonchev–Trinajstić information content (AvgIpc) is 3.42. The van der Waals surface area contributed by atoms with Crippen LogP contribution >= 0.6 is 11.8 Å². The normalized spacial score (nSPS) is 17.3. The Kier molecular flexibility index (Phi) is 8.81. The smallest absolute Gasteiger partial charge is 0.410 e. The number of thioether (sulfide) groups is 1. The van der Waals surface area contributed by atoms with E-state index < -0.39 is 11.2 Å². The van der Waals surface area contributed by atoms with Crippen LogP contribution < -0.4 is 4.74 Å². The summed E-state index contributed by atoms with van der Waals surface area (Å²) in [5.41, 5.74) is 1.55. The van der Waals surface area contributed by atoms with E-state index in [-0.39, 0.29) is 23.0 Å². The molecule has 0 bridgehead atoms. The quantitative estimate of drug-likeness (QED) is 0.281. The SMILES string of the molecule is CC(C)(O)Cc1[nH]c2ccc(OC(Cc3ccccn3)[C@H]3CCCN3C(=O)OC(C)(C)C)cc2c1SC(C)(C)C. The zero-order valence-electron chi connectivity index (χ0n) is 25.2. The number of hydrogen-bond donors (Lipinski definition) is 2. The van der Waals surface area contributed by atoms with Gasteiger partial charge in [-0.25, -0.2) is 4.79 Å². The number of amides is 1. The van der Waals surface area contributed by atoms with Gasteiger partial charge >= 0.3 is 6.09 Å². The van der Waals surface area contributed by atoms with Crippen LogP contribution in [0.25, 0.3) is 10.9 Å². The first-order chi connectivity index (χ1) is 18.6. The van der Waals surface area contributed by atoms with Crippen molar-refractivity contribution in [3.63, 3.8) is 0 Å². The molecule has 7 nitrogen and oxygen atoms in total. The number of carbonyl (C=O) groups is 1. The Morgan fingerprint density at radius 3 is 2.52 bits per heavy atom. The largest absolute Gasteiger partial charge is 0.488 e. The lowest BCUT2D eigenvalue weighted by molar-refractivity contribution is 0.00905. The third-order valence-corrected chi connectivity index (χ3v) is 7.88. The first kappa shape index (κ1) is 30.3. The van der Waals surface area contributed by atoms with Crippen LogP contribution in [0.5, 0.6) is 5.75 Å². The van der Waals surface area contributed by atoms with Crippen molar-refractivity contribution in [3.8, 4) is 5.75 Å². The predicted octanol–water partition coefficient (Wildman–Crippen LogP) is 7.16. The van der Waals surface area contributed by atoms with Crippen LogP contribution in [0.15, 0.2) is 47.5 Å². The fourth-order valence-electron chi connectivity index (χ4n) is 5.14. The van der Waals surface area contributed by atoms with E-state index in [1.54, 1.807) is 18.0 Å². The first-order valence-electron chi connectivity index (χ1n) is 14.2. The fourth-order valence-corrected chi connectivity index (χ4v) is 6.28. The monoisotopic (exact) mass is 567 g/mol. The maximum absolute atomic E-state index is 13.2. The highest BCUT2D eigenvalue weighted by molar-refractivity contribution is 8.00. The number of pyridine rings is 1. The molecule has 40 heavy (non-hydrogen) atoms. The van der Waals surface area contributed by atoms with Crippen molar-refractivity contribution in [2.45, 2.75) is 114 Å². The van der Waals surface area contributed by atoms with Crippen LogP contribution in [0.3, 0.4) is 0 Å². The van der Waals surface area contributed by atoms with Crippen LogP contribution in [0.4, 0.5) is 4.79 Å². The van der Waals surface area contributed by atoms with Crippen LogP contribution in [0, 0.1) is 0 Å². The summed E-state index contributed by atoms with van der Waals surface area (Å²) in [6.07, 6.45) is 4.02. The molecular weight excluding hydrogens is 522 g/mol. The molecule has 1 fully saturated rings. The number of aliphatic hydroxyl groups is 1. The summed E-state index contributed by atoms with van der Waals surface area (Å²) in [6, 6.07) is 11.9. The van der Waals surface area contributed by atoms with Crippen LogP contribution in [0.1, 0.15) is 79.6 Å². The molecule has 1 aliphatic rings. The van der Waals surface area contributed by atoms with Crippen LogP contribution in [-0.2, 0) is 17.6 Å². The Morgan fingerprint density at radius 2 is 1.90 bits per heavy atom. The summed E-state index contributed by atoms with van der Waals surface area (Å²) in [5.74, 6) is 0.744. The third kappa shape index (κ3) is 8.16. The molecule has 218 valence electrons. The Balaban J connectivity index is 1.69. The Hall–Kier alpha value is -2.71. The second kappa shape index (κ2) is 11.6. The molecule has 0 radical (unpaired) electrons. The van der Waals surface area contributed by atoms with Crippen molar-refractivity contribution in [3.05, 3.63) is 54.0 Å². The highest BCUT2D eigenvalue weighted by Crippen LogP contribution is 2.41. The Morgan fingerprint density at radius 1 is 1.15 bits per heavy atom. The molecule has 8 heteroatoms. The van der Waals surface area contributed by atoms with Crippen molar-refractivity contribution < 1.29 is 19.4 Å². The second-order valence-electron chi connectivity index (χ2n) is 13.4. The Bertz CT molecular complexity index is 1300. The van der Waals surface area contributed by atoms with E-state index in [9.17, 15) is 9.90 Å². The van der Waals surface area contributed by atoms with Gasteiger partial charge in [-0.15, -0.1) is 11.8 Å². The van der Waals surface area contributed by atoms with E-state index in [4.69, 9.17) is 9.47 Å². The van der Waals surface area contributed by atoms with Gasteiger partial charge in [0.15, 0.2) is 0 Å². The van der Waals surface area contributed by atoms with E-state index in [1.807, 2.05) is 69.9 Å². The molecule has 3 aromatic rings. The molecule has 1 unspecified atom stereocenters. The van der Waals surface area contributed by atoms with Crippen molar-refractivity contribution >= 4 is 28.8 Å². The predicted molar refractivity (Wildman–Crippen MR) is 162 cm³/mol. The lowest BCUT2D eigenvalue weighted by atomic mass is 10.0. The number of carbonyl (C=O) groups excluding carboxylic acids is 1. The summed E-state index contributed by atoms with van der Waals surface area (Å²) in [5, 5.41) is 11.7. The summed E-state index contributed by atoms with van der Waals surface area (Å²) in [4.78, 5) is 24.2. The molecule has 2 N–H and O–H groups in total. The topological polar surface area (TPSA) is 87.7 Å². The zero-order valence-corrected chi connectivity index (χ0v) is 26.0. The number of H-pyrrole nitrogens is 1. The summed E-state index contributed by atoms with van der Waals surface area (Å²) in [7, 11) is 0. The third-order valence-electron chi connectivity index (χ3n) is 6.59. The van der Waals surface area contributed by atoms with Crippen molar-refractivity contribution in [2.75, 3.05) is 6.54 Å². The minimum absolute atomic E-state index is 0.0143. The highest BCUT2D eigenvalue weighted by atomic mass is 32.2. The number of aromatic amines is 1. The standard InChI is InChI=1S/C32H45N3O4S/c1-30(2,3)39-29(36)35-17-11-13-26(35)27(18-21-12-9-10-16-33-21)38-22-14-15-24-23(19-22)28(40-31(4,5)6)25(34-24)20-32(7,8)37/h9-10,12,14-16,19,26-27,34,37H,11,13,17-18,20H2,1-8H3/t26-,27?/m1/s1. The molecule has 3 heterocycles. The molecule has 4 rings (SSSR count). The number of fused-ring (bicyclic) bond motifs is 1. The molecule has 0 saturated carbocycles. The lowest BCUT2D eigenvalue weighted by Gasteiger charge is -2.33. The summed E-state index contributed by atoms with van der Waals surface area (Å²) >= 11 is 1.79. The highest BCUT2D eigenvalue weighted by Gasteiger charge is 2.38. The number of ether oxygens (including phenoxy) is 2. The lowest BCUT2D eigenvalue weighted by Crippen LogP contribution is -2.48. The molecule has 0 spiro atoms. The minimum atomic E-state index is -0.839. The van der Waals surface area contributed by atoms with Crippen molar-refractivity contribution in [1.82, 2.24) is 14.9 Å². The molecule has 2 atom stereocenters. The van der Waals surface area contributed by atoms with Crippen molar-refractivity contribution in [1.29, 1.82) is 0 Å². The van der Waals surface area contributed by atoms with Gasteiger partial charge in [-0.2, -0.15) is 0 Å². The Labute approximate surface area is 243 Å². The van der Waals surface area contributed by atoms with Crippen molar-refractivity contribution in [2.24, 2.45) is 0 Å². The number of likely N-dealkylation sites (tertiary alicyclic amines) is 1. The molecule has 2 aromatic heterocycles. The molecule has 1 aliphatic heterocycles. The van der Waals surface area contributed by atoms with Gasteiger partial charge in [0.2, 0.25) is 0 Å². The number of rotatable bonds is 8. The van der Waals surface area contributed by atoms with Gasteiger partial charge in [-0.3, -0.25) is 4.98 Å². The van der Waals surface area contributed by atoms with E-state index in [2.05, 4.69) is 36.8 Å². The average molecular weight is 568 g/mol. The number of benzene rings is 1. The number of nitrogens with one attached hydrogen (secondary N) is 1. The van der Waals surface area contributed by atoms with Gasteiger partial charge in [0.05, 0.1) is 11.6 Å². The molecule has 1 aromatic carbocycles. The molecule has 1 saturated heterocycles. The van der Waals surface area contributed by atoms with E-state index in [1.165, 1.54) is 0 Å². The molecular formula is C32H45N3O4S. The number of hydrogen-bond acceptors (Lipinski definition) is 6. The molecule has 1 amide bonds. The minimum Gasteiger partial charge on any atom is -0.488 e. The number of nitrogens with zero attached hydrogens (tertiary/aromatic N) is 2. The van der Waals surface area contributed by atoms with Gasteiger partial charge < -0.3 is 24.5 Å². The van der Waals surface area contributed by atoms with E-state index in [0.29, 0.717) is 19.4 Å². The van der Waals surface area contributed by atoms with Gasteiger partial charge in [-0.05, 0) is 77.8 Å². The van der Waals surface area contributed by atoms with E-state index in [0.717, 1.165) is 45.8 Å². The number of aromatic nitrogens is 2. The van der Waals surface area contributed by atoms with Gasteiger partial charge in [-0.1, -0.05) is 26.8 Å². The molecule has 0 aliphatic carbocycles. The van der Waals surface area contributed by atoms with Crippen LogP contribution in [-0.4, -0.2) is 60.7 Å². The summed E-state index contributed by atoms with van der Waals surface area (Å²) < 4.78 is 12.5.